The van der Waals surface area contributed by atoms with Crippen LogP contribution in [0.1, 0.15) is 34.6 Å². The summed E-state index contributed by atoms with van der Waals surface area (Å²) in [6.45, 7) is 14.3. The molecule has 2 unspecified atom stereocenters. The standard InChI is InChI=1S/C15H31N3O/c1-12-10-17(14(19)15(3,4)5)11-13(2)18(12)9-8-16(6)7/h12-13H,8-11H2,1-7H3. The first-order valence-electron chi connectivity index (χ1n) is 7.32. The average Bonchev–Trinajstić information content (AvgIpc) is 2.24. The van der Waals surface area contributed by atoms with Crippen LogP contribution in [-0.4, -0.2) is 73.0 Å². The van der Waals surface area contributed by atoms with Crippen LogP contribution in [0, 0.1) is 5.41 Å². The van der Waals surface area contributed by atoms with Gasteiger partial charge in [0.05, 0.1) is 0 Å². The summed E-state index contributed by atoms with van der Waals surface area (Å²) < 4.78 is 0. The quantitative estimate of drug-likeness (QED) is 0.777. The van der Waals surface area contributed by atoms with Gasteiger partial charge in [-0.1, -0.05) is 20.8 Å². The topological polar surface area (TPSA) is 26.8 Å². The fourth-order valence-electron chi connectivity index (χ4n) is 2.75. The van der Waals surface area contributed by atoms with Crippen molar-refractivity contribution in [1.82, 2.24) is 14.7 Å². The van der Waals surface area contributed by atoms with E-state index in [0.29, 0.717) is 12.1 Å². The number of hydrogen-bond acceptors (Lipinski definition) is 3. The molecule has 19 heavy (non-hydrogen) atoms. The predicted octanol–water partition coefficient (Wildman–Crippen LogP) is 1.52. The number of rotatable bonds is 3. The third-order valence-corrected chi connectivity index (χ3v) is 3.84. The molecule has 1 fully saturated rings. The minimum Gasteiger partial charge on any atom is -0.339 e. The van der Waals surface area contributed by atoms with Crippen LogP contribution in [0.3, 0.4) is 0 Å². The fourth-order valence-corrected chi connectivity index (χ4v) is 2.75. The Labute approximate surface area is 118 Å². The third-order valence-electron chi connectivity index (χ3n) is 3.84. The lowest BCUT2D eigenvalue weighted by Gasteiger charge is -2.46. The SMILES string of the molecule is CC1CN(C(=O)C(C)(C)C)CC(C)N1CCN(C)C. The molecule has 1 aliphatic heterocycles. The molecule has 0 bridgehead atoms. The Morgan fingerprint density at radius 2 is 1.63 bits per heavy atom. The highest BCUT2D eigenvalue weighted by Gasteiger charge is 2.35. The third kappa shape index (κ3) is 4.46. The Morgan fingerprint density at radius 1 is 1.16 bits per heavy atom. The van der Waals surface area contributed by atoms with Crippen molar-refractivity contribution in [3.63, 3.8) is 0 Å². The number of nitrogens with zero attached hydrogens (tertiary/aromatic N) is 3. The maximum absolute atomic E-state index is 12.4. The van der Waals surface area contributed by atoms with Crippen LogP contribution in [-0.2, 0) is 4.79 Å². The van der Waals surface area contributed by atoms with Gasteiger partial charge in [0.15, 0.2) is 0 Å². The maximum Gasteiger partial charge on any atom is 0.228 e. The van der Waals surface area contributed by atoms with Gasteiger partial charge in [-0.25, -0.2) is 0 Å². The molecule has 2 atom stereocenters. The van der Waals surface area contributed by atoms with Crippen molar-refractivity contribution >= 4 is 5.91 Å². The zero-order chi connectivity index (χ0) is 14.8. The monoisotopic (exact) mass is 269 g/mol. The van der Waals surface area contributed by atoms with Crippen LogP contribution in [0.25, 0.3) is 0 Å². The van der Waals surface area contributed by atoms with E-state index >= 15 is 0 Å². The summed E-state index contributed by atoms with van der Waals surface area (Å²) >= 11 is 0. The van der Waals surface area contributed by atoms with Crippen LogP contribution < -0.4 is 0 Å². The van der Waals surface area contributed by atoms with E-state index in [1.165, 1.54) is 0 Å². The van der Waals surface area contributed by atoms with Gasteiger partial charge >= 0.3 is 0 Å². The highest BCUT2D eigenvalue weighted by atomic mass is 16.2. The second-order valence-electron chi connectivity index (χ2n) is 7.20. The molecule has 1 heterocycles. The van der Waals surface area contributed by atoms with E-state index in [-0.39, 0.29) is 11.3 Å². The molecule has 0 aromatic rings. The van der Waals surface area contributed by atoms with E-state index in [1.807, 2.05) is 25.7 Å². The predicted molar refractivity (Wildman–Crippen MR) is 80.2 cm³/mol. The molecule has 4 heteroatoms. The first-order valence-corrected chi connectivity index (χ1v) is 7.32. The van der Waals surface area contributed by atoms with Crippen molar-refractivity contribution in [1.29, 1.82) is 0 Å². The van der Waals surface area contributed by atoms with Gasteiger partial charge in [0.1, 0.15) is 0 Å². The van der Waals surface area contributed by atoms with Gasteiger partial charge in [-0.15, -0.1) is 0 Å². The number of piperazine rings is 1. The molecule has 1 aliphatic rings. The van der Waals surface area contributed by atoms with Gasteiger partial charge in [0, 0.05) is 43.7 Å². The van der Waals surface area contributed by atoms with Crippen LogP contribution in [0.5, 0.6) is 0 Å². The second-order valence-corrected chi connectivity index (χ2v) is 7.20. The lowest BCUT2D eigenvalue weighted by Crippen LogP contribution is -2.60. The zero-order valence-corrected chi connectivity index (χ0v) is 13.7. The molecule has 0 N–H and O–H groups in total. The average molecular weight is 269 g/mol. The van der Waals surface area contributed by atoms with Crippen LogP contribution >= 0.6 is 0 Å². The first-order chi connectivity index (χ1) is 8.62. The van der Waals surface area contributed by atoms with Gasteiger partial charge in [0.2, 0.25) is 5.91 Å². The lowest BCUT2D eigenvalue weighted by atomic mass is 9.93. The molecule has 112 valence electrons. The Morgan fingerprint density at radius 3 is 2.00 bits per heavy atom. The van der Waals surface area contributed by atoms with Gasteiger partial charge in [-0.3, -0.25) is 9.69 Å². The molecular weight excluding hydrogens is 238 g/mol. The maximum atomic E-state index is 12.4. The van der Waals surface area contributed by atoms with E-state index in [9.17, 15) is 4.79 Å². The minimum atomic E-state index is -0.273. The molecule has 0 aliphatic carbocycles. The van der Waals surface area contributed by atoms with Crippen molar-refractivity contribution < 1.29 is 4.79 Å². The number of amides is 1. The largest absolute Gasteiger partial charge is 0.339 e. The number of carbonyl (C=O) groups excluding carboxylic acids is 1. The van der Waals surface area contributed by atoms with Crippen molar-refractivity contribution in [3.05, 3.63) is 0 Å². The van der Waals surface area contributed by atoms with Crippen molar-refractivity contribution in [2.24, 2.45) is 5.41 Å². The molecule has 0 radical (unpaired) electrons. The molecule has 0 aromatic carbocycles. The van der Waals surface area contributed by atoms with Crippen LogP contribution in [0.2, 0.25) is 0 Å². The van der Waals surface area contributed by atoms with E-state index in [1.54, 1.807) is 0 Å². The zero-order valence-electron chi connectivity index (χ0n) is 13.7. The van der Waals surface area contributed by atoms with E-state index in [2.05, 4.69) is 37.7 Å². The second kappa shape index (κ2) is 6.23. The Hall–Kier alpha value is -0.610. The van der Waals surface area contributed by atoms with Crippen molar-refractivity contribution in [2.75, 3.05) is 40.3 Å². The number of likely N-dealkylation sites (N-methyl/N-ethyl adjacent to an activating group) is 1. The summed E-state index contributed by atoms with van der Waals surface area (Å²) in [5, 5.41) is 0. The van der Waals surface area contributed by atoms with Crippen LogP contribution in [0.4, 0.5) is 0 Å². The van der Waals surface area contributed by atoms with Gasteiger partial charge < -0.3 is 9.80 Å². The van der Waals surface area contributed by atoms with Gasteiger partial charge in [0.25, 0.3) is 0 Å². The van der Waals surface area contributed by atoms with Crippen molar-refractivity contribution in [3.8, 4) is 0 Å². The van der Waals surface area contributed by atoms with E-state index in [0.717, 1.165) is 26.2 Å². The van der Waals surface area contributed by atoms with Gasteiger partial charge in [-0.2, -0.15) is 0 Å². The Bertz CT molecular complexity index is 297. The summed E-state index contributed by atoms with van der Waals surface area (Å²) in [5.74, 6) is 0.276. The highest BCUT2D eigenvalue weighted by molar-refractivity contribution is 5.81. The number of hydrogen-bond donors (Lipinski definition) is 0. The van der Waals surface area contributed by atoms with Crippen molar-refractivity contribution in [2.45, 2.75) is 46.7 Å². The molecule has 0 saturated carbocycles. The summed E-state index contributed by atoms with van der Waals surface area (Å²) in [4.78, 5) is 19.2. The molecule has 1 rings (SSSR count). The molecule has 0 aromatic heterocycles. The Kier molecular flexibility index (Phi) is 5.39. The van der Waals surface area contributed by atoms with Gasteiger partial charge in [-0.05, 0) is 27.9 Å². The molecular formula is C15H31N3O. The first kappa shape index (κ1) is 16.4. The normalized spacial score (nSPS) is 26.0. The summed E-state index contributed by atoms with van der Waals surface area (Å²) in [5.41, 5.74) is -0.273. The van der Waals surface area contributed by atoms with E-state index < -0.39 is 0 Å². The molecule has 4 nitrogen and oxygen atoms in total. The Balaban J connectivity index is 2.63. The fraction of sp³-hybridized carbons (Fsp3) is 0.933. The summed E-state index contributed by atoms with van der Waals surface area (Å²) in [6.07, 6.45) is 0. The summed E-state index contributed by atoms with van der Waals surface area (Å²) in [6, 6.07) is 0.880. The van der Waals surface area contributed by atoms with E-state index in [4.69, 9.17) is 0 Å². The summed E-state index contributed by atoms with van der Waals surface area (Å²) in [7, 11) is 4.21. The van der Waals surface area contributed by atoms with Crippen LogP contribution in [0.15, 0.2) is 0 Å². The highest BCUT2D eigenvalue weighted by Crippen LogP contribution is 2.22. The smallest absolute Gasteiger partial charge is 0.228 e. The molecule has 1 amide bonds. The molecule has 0 spiro atoms. The lowest BCUT2D eigenvalue weighted by molar-refractivity contribution is -0.144. The molecule has 1 saturated heterocycles. The minimum absolute atomic E-state index is 0.273. The number of carbonyl (C=O) groups is 1.